The predicted molar refractivity (Wildman–Crippen MR) is 147 cm³/mol. The molecule has 0 bridgehead atoms. The standard InChI is InChI=1S/C33H22N2O/c1-3-9-23(10-4-1)24-15-17-25(18-16-24)26-19-20-32-28(21-26)29(22-36-32)33-34-30-13-7-8-14-31(30)35(33)27-11-5-2-6-12-27/h1-22H. The maximum absolute atomic E-state index is 6.00. The third kappa shape index (κ3) is 3.41. The number of nitrogens with zero attached hydrogens (tertiary/aromatic N) is 2. The first-order chi connectivity index (χ1) is 17.8. The van der Waals surface area contributed by atoms with E-state index in [1.54, 1.807) is 0 Å². The molecule has 0 radical (unpaired) electrons. The van der Waals surface area contributed by atoms with Crippen LogP contribution >= 0.6 is 0 Å². The summed E-state index contributed by atoms with van der Waals surface area (Å²) in [6, 6.07) is 44.2. The molecule has 0 atom stereocenters. The van der Waals surface area contributed by atoms with Gasteiger partial charge in [0, 0.05) is 11.1 Å². The SMILES string of the molecule is c1ccc(-c2ccc(-c3ccc4occ(-c5nc6ccccc6n5-c5ccccc5)c4c3)cc2)cc1. The molecule has 0 aliphatic rings. The summed E-state index contributed by atoms with van der Waals surface area (Å²) in [4.78, 5) is 5.03. The van der Waals surface area contributed by atoms with Crippen molar-refractivity contribution in [2.24, 2.45) is 0 Å². The normalized spacial score (nSPS) is 11.3. The second kappa shape index (κ2) is 8.40. The van der Waals surface area contributed by atoms with E-state index in [0.717, 1.165) is 44.6 Å². The molecule has 0 amide bonds. The van der Waals surface area contributed by atoms with E-state index in [2.05, 4.69) is 114 Å². The van der Waals surface area contributed by atoms with Crippen molar-refractivity contribution < 1.29 is 4.42 Å². The van der Waals surface area contributed by atoms with Crippen molar-refractivity contribution in [2.45, 2.75) is 0 Å². The third-order valence-corrected chi connectivity index (χ3v) is 6.71. The third-order valence-electron chi connectivity index (χ3n) is 6.71. The van der Waals surface area contributed by atoms with Crippen LogP contribution in [0.5, 0.6) is 0 Å². The molecule has 170 valence electrons. The van der Waals surface area contributed by atoms with Gasteiger partial charge in [0.25, 0.3) is 0 Å². The van der Waals surface area contributed by atoms with Gasteiger partial charge in [-0.1, -0.05) is 91.0 Å². The number of furan rings is 1. The van der Waals surface area contributed by atoms with Crippen LogP contribution in [0.2, 0.25) is 0 Å². The quantitative estimate of drug-likeness (QED) is 0.262. The van der Waals surface area contributed by atoms with Crippen molar-refractivity contribution in [1.82, 2.24) is 9.55 Å². The Labute approximate surface area is 208 Å². The first kappa shape index (κ1) is 20.5. The van der Waals surface area contributed by atoms with Gasteiger partial charge in [0.1, 0.15) is 17.7 Å². The predicted octanol–water partition coefficient (Wildman–Crippen LogP) is 8.77. The first-order valence-electron chi connectivity index (χ1n) is 12.1. The summed E-state index contributed by atoms with van der Waals surface area (Å²) in [5.74, 6) is 0.873. The van der Waals surface area contributed by atoms with Crippen LogP contribution in [-0.2, 0) is 0 Å². The van der Waals surface area contributed by atoms with E-state index in [4.69, 9.17) is 9.40 Å². The number of aromatic nitrogens is 2. The average Bonchev–Trinajstić information content (AvgIpc) is 3.55. The molecule has 3 heteroatoms. The Morgan fingerprint density at radius 1 is 0.556 bits per heavy atom. The van der Waals surface area contributed by atoms with Crippen molar-refractivity contribution in [3.63, 3.8) is 0 Å². The fraction of sp³-hybridized carbons (Fsp3) is 0. The summed E-state index contributed by atoms with van der Waals surface area (Å²) in [7, 11) is 0. The highest BCUT2D eigenvalue weighted by molar-refractivity contribution is 5.97. The minimum atomic E-state index is 0.848. The number of imidazole rings is 1. The van der Waals surface area contributed by atoms with Crippen molar-refractivity contribution in [3.05, 3.63) is 134 Å². The molecule has 3 nitrogen and oxygen atoms in total. The lowest BCUT2D eigenvalue weighted by Gasteiger charge is -2.09. The Kier molecular flexibility index (Phi) is 4.78. The van der Waals surface area contributed by atoms with Gasteiger partial charge in [-0.2, -0.15) is 0 Å². The highest BCUT2D eigenvalue weighted by atomic mass is 16.3. The van der Waals surface area contributed by atoms with E-state index in [9.17, 15) is 0 Å². The van der Waals surface area contributed by atoms with E-state index >= 15 is 0 Å². The molecule has 0 fully saturated rings. The molecule has 0 N–H and O–H groups in total. The highest BCUT2D eigenvalue weighted by Crippen LogP contribution is 2.36. The summed E-state index contributed by atoms with van der Waals surface area (Å²) < 4.78 is 8.21. The summed E-state index contributed by atoms with van der Waals surface area (Å²) in [6.07, 6.45) is 1.83. The lowest BCUT2D eigenvalue weighted by atomic mass is 9.99. The Hall–Kier alpha value is -4.89. The van der Waals surface area contributed by atoms with Gasteiger partial charge in [0.2, 0.25) is 0 Å². The van der Waals surface area contributed by atoms with Gasteiger partial charge in [-0.25, -0.2) is 4.98 Å². The van der Waals surface area contributed by atoms with Crippen molar-refractivity contribution in [3.8, 4) is 39.3 Å². The highest BCUT2D eigenvalue weighted by Gasteiger charge is 2.18. The zero-order chi connectivity index (χ0) is 23.9. The second-order valence-electron chi connectivity index (χ2n) is 8.90. The molecule has 7 rings (SSSR count). The number of fused-ring (bicyclic) bond motifs is 2. The summed E-state index contributed by atoms with van der Waals surface area (Å²) in [5, 5.41) is 1.05. The van der Waals surface area contributed by atoms with Crippen LogP contribution < -0.4 is 0 Å². The fourth-order valence-electron chi connectivity index (χ4n) is 4.91. The van der Waals surface area contributed by atoms with E-state index < -0.39 is 0 Å². The molecule has 0 aliphatic carbocycles. The molecule has 0 unspecified atom stereocenters. The molecule has 7 aromatic rings. The van der Waals surface area contributed by atoms with Gasteiger partial charge in [0.05, 0.1) is 16.6 Å². The van der Waals surface area contributed by atoms with E-state index in [-0.39, 0.29) is 0 Å². The zero-order valence-electron chi connectivity index (χ0n) is 19.5. The molecule has 0 saturated carbocycles. The Morgan fingerprint density at radius 2 is 1.17 bits per heavy atom. The second-order valence-corrected chi connectivity index (χ2v) is 8.90. The van der Waals surface area contributed by atoms with Crippen LogP contribution in [0.25, 0.3) is 61.3 Å². The van der Waals surface area contributed by atoms with Gasteiger partial charge >= 0.3 is 0 Å². The molecule has 0 saturated heterocycles. The summed E-state index contributed by atoms with van der Waals surface area (Å²) >= 11 is 0. The lowest BCUT2D eigenvalue weighted by Crippen LogP contribution is -1.96. The van der Waals surface area contributed by atoms with Crippen LogP contribution in [0.1, 0.15) is 0 Å². The van der Waals surface area contributed by atoms with Crippen molar-refractivity contribution in [1.29, 1.82) is 0 Å². The van der Waals surface area contributed by atoms with Gasteiger partial charge in [0.15, 0.2) is 0 Å². The van der Waals surface area contributed by atoms with E-state index in [1.165, 1.54) is 16.7 Å². The number of benzene rings is 5. The van der Waals surface area contributed by atoms with Crippen LogP contribution in [0.15, 0.2) is 138 Å². The van der Waals surface area contributed by atoms with Crippen molar-refractivity contribution in [2.75, 3.05) is 0 Å². The molecular formula is C33H22N2O. The smallest absolute Gasteiger partial charge is 0.149 e. The maximum Gasteiger partial charge on any atom is 0.149 e. The van der Waals surface area contributed by atoms with Gasteiger partial charge in [-0.3, -0.25) is 4.57 Å². The number of hydrogen-bond donors (Lipinski definition) is 0. The molecule has 36 heavy (non-hydrogen) atoms. The first-order valence-corrected chi connectivity index (χ1v) is 12.1. The summed E-state index contributed by atoms with van der Waals surface area (Å²) in [5.41, 5.74) is 9.67. The minimum Gasteiger partial charge on any atom is -0.464 e. The monoisotopic (exact) mass is 462 g/mol. The van der Waals surface area contributed by atoms with Crippen LogP contribution in [0, 0.1) is 0 Å². The molecular weight excluding hydrogens is 440 g/mol. The minimum absolute atomic E-state index is 0.848. The molecule has 2 aromatic heterocycles. The van der Waals surface area contributed by atoms with Gasteiger partial charge in [-0.05, 0) is 58.7 Å². The van der Waals surface area contributed by atoms with Crippen LogP contribution in [0.4, 0.5) is 0 Å². The molecule has 2 heterocycles. The largest absolute Gasteiger partial charge is 0.464 e. The van der Waals surface area contributed by atoms with Gasteiger partial charge < -0.3 is 4.42 Å². The number of rotatable bonds is 4. The topological polar surface area (TPSA) is 31.0 Å². The van der Waals surface area contributed by atoms with Crippen LogP contribution in [-0.4, -0.2) is 9.55 Å². The zero-order valence-corrected chi connectivity index (χ0v) is 19.5. The van der Waals surface area contributed by atoms with Gasteiger partial charge in [-0.15, -0.1) is 0 Å². The Bertz CT molecular complexity index is 1810. The van der Waals surface area contributed by atoms with Crippen LogP contribution in [0.3, 0.4) is 0 Å². The van der Waals surface area contributed by atoms with E-state index in [0.29, 0.717) is 0 Å². The molecule has 0 aliphatic heterocycles. The number of para-hydroxylation sites is 3. The fourth-order valence-corrected chi connectivity index (χ4v) is 4.91. The Balaban J connectivity index is 1.37. The van der Waals surface area contributed by atoms with Crippen molar-refractivity contribution >= 4 is 22.0 Å². The summed E-state index contributed by atoms with van der Waals surface area (Å²) in [6.45, 7) is 0. The molecule has 5 aromatic carbocycles. The number of hydrogen-bond acceptors (Lipinski definition) is 2. The average molecular weight is 463 g/mol. The van der Waals surface area contributed by atoms with E-state index in [1.807, 2.05) is 24.5 Å². The lowest BCUT2D eigenvalue weighted by molar-refractivity contribution is 0.616. The molecule has 0 spiro atoms. The maximum atomic E-state index is 6.00. The Morgan fingerprint density at radius 3 is 1.94 bits per heavy atom.